The smallest absolute Gasteiger partial charge is 0.251 e. The SMILES string of the molecule is Cc1cccc([C@@H](NC(=O)c2cccc(-c3cn[nH]c3)c2)C2CC2)n1. The molecule has 1 fully saturated rings. The summed E-state index contributed by atoms with van der Waals surface area (Å²) >= 11 is 0. The van der Waals surface area contributed by atoms with Crippen LogP contribution in [-0.4, -0.2) is 21.1 Å². The van der Waals surface area contributed by atoms with Crippen molar-refractivity contribution in [1.82, 2.24) is 20.5 Å². The molecule has 2 aromatic heterocycles. The molecule has 1 aliphatic rings. The third-order valence-electron chi connectivity index (χ3n) is 4.56. The highest BCUT2D eigenvalue weighted by molar-refractivity contribution is 5.95. The Hall–Kier alpha value is -2.95. The van der Waals surface area contributed by atoms with E-state index in [0.717, 1.165) is 35.4 Å². The minimum absolute atomic E-state index is 0.0232. The Bertz CT molecular complexity index is 884. The van der Waals surface area contributed by atoms with E-state index in [9.17, 15) is 4.79 Å². The zero-order valence-corrected chi connectivity index (χ0v) is 14.1. The number of carbonyl (C=O) groups is 1. The standard InChI is InChI=1S/C20H20N4O/c1-13-4-2-7-18(23-13)19(14-8-9-14)24-20(25)16-6-3-5-15(10-16)17-11-21-22-12-17/h2-7,10-12,14,19H,8-9H2,1H3,(H,21,22)(H,24,25)/t19-/m0/s1. The second kappa shape index (κ2) is 6.51. The molecule has 25 heavy (non-hydrogen) atoms. The topological polar surface area (TPSA) is 70.7 Å². The monoisotopic (exact) mass is 332 g/mol. The number of hydrogen-bond donors (Lipinski definition) is 2. The molecule has 1 amide bonds. The van der Waals surface area contributed by atoms with Gasteiger partial charge in [-0.25, -0.2) is 0 Å². The van der Waals surface area contributed by atoms with Gasteiger partial charge in [-0.05, 0) is 55.5 Å². The van der Waals surface area contributed by atoms with Crippen LogP contribution in [0.4, 0.5) is 0 Å². The third-order valence-corrected chi connectivity index (χ3v) is 4.56. The molecular weight excluding hydrogens is 312 g/mol. The minimum atomic E-state index is -0.0643. The number of aromatic nitrogens is 3. The van der Waals surface area contributed by atoms with Gasteiger partial charge in [-0.3, -0.25) is 14.9 Å². The second-order valence-electron chi connectivity index (χ2n) is 6.56. The molecule has 1 aliphatic carbocycles. The van der Waals surface area contributed by atoms with Crippen molar-refractivity contribution in [3.05, 3.63) is 71.8 Å². The highest BCUT2D eigenvalue weighted by Gasteiger charge is 2.34. The Kier molecular flexibility index (Phi) is 4.06. The normalized spacial score (nSPS) is 14.9. The number of aryl methyl sites for hydroxylation is 1. The average molecular weight is 332 g/mol. The maximum Gasteiger partial charge on any atom is 0.251 e. The van der Waals surface area contributed by atoms with Crippen molar-refractivity contribution >= 4 is 5.91 Å². The van der Waals surface area contributed by atoms with Gasteiger partial charge in [0.15, 0.2) is 0 Å². The molecule has 0 saturated heterocycles. The molecule has 2 heterocycles. The number of aromatic amines is 1. The Labute approximate surface area is 146 Å². The fourth-order valence-electron chi connectivity index (χ4n) is 3.07. The molecule has 126 valence electrons. The molecular formula is C20H20N4O. The van der Waals surface area contributed by atoms with Crippen LogP contribution in [0.3, 0.4) is 0 Å². The summed E-state index contributed by atoms with van der Waals surface area (Å²) in [5.74, 6) is 0.417. The van der Waals surface area contributed by atoms with Gasteiger partial charge in [0.2, 0.25) is 0 Å². The first-order valence-electron chi connectivity index (χ1n) is 8.54. The lowest BCUT2D eigenvalue weighted by atomic mass is 10.0. The number of rotatable bonds is 5. The van der Waals surface area contributed by atoms with Crippen molar-refractivity contribution in [2.75, 3.05) is 0 Å². The van der Waals surface area contributed by atoms with Gasteiger partial charge >= 0.3 is 0 Å². The molecule has 5 nitrogen and oxygen atoms in total. The predicted octanol–water partition coefficient (Wildman–Crippen LogP) is 3.66. The van der Waals surface area contributed by atoms with Gasteiger partial charge in [-0.1, -0.05) is 18.2 Å². The number of carbonyl (C=O) groups excluding carboxylic acids is 1. The lowest BCUT2D eigenvalue weighted by Crippen LogP contribution is -2.30. The van der Waals surface area contributed by atoms with Gasteiger partial charge < -0.3 is 5.32 Å². The van der Waals surface area contributed by atoms with Gasteiger partial charge in [0.1, 0.15) is 0 Å². The van der Waals surface area contributed by atoms with E-state index in [1.807, 2.05) is 55.6 Å². The molecule has 0 spiro atoms. The van der Waals surface area contributed by atoms with E-state index in [1.165, 1.54) is 0 Å². The number of benzene rings is 1. The number of hydrogen-bond acceptors (Lipinski definition) is 3. The summed E-state index contributed by atoms with van der Waals surface area (Å²) < 4.78 is 0. The van der Waals surface area contributed by atoms with Gasteiger partial charge in [-0.2, -0.15) is 5.10 Å². The summed E-state index contributed by atoms with van der Waals surface area (Å²) in [6.07, 6.45) is 5.84. The van der Waals surface area contributed by atoms with Crippen LogP contribution in [-0.2, 0) is 0 Å². The maximum absolute atomic E-state index is 12.8. The van der Waals surface area contributed by atoms with Gasteiger partial charge in [0.25, 0.3) is 5.91 Å². The van der Waals surface area contributed by atoms with Crippen molar-refractivity contribution in [2.45, 2.75) is 25.8 Å². The summed E-state index contributed by atoms with van der Waals surface area (Å²) in [5, 5.41) is 9.95. The third kappa shape index (κ3) is 3.45. The van der Waals surface area contributed by atoms with Gasteiger partial charge in [0.05, 0.1) is 17.9 Å². The van der Waals surface area contributed by atoms with Crippen LogP contribution in [0.5, 0.6) is 0 Å². The molecule has 0 bridgehead atoms. The maximum atomic E-state index is 12.8. The zero-order chi connectivity index (χ0) is 17.2. The van der Waals surface area contributed by atoms with E-state index < -0.39 is 0 Å². The Balaban J connectivity index is 1.57. The van der Waals surface area contributed by atoms with Crippen LogP contribution in [0.1, 0.15) is 40.6 Å². The van der Waals surface area contributed by atoms with E-state index >= 15 is 0 Å². The van der Waals surface area contributed by atoms with E-state index in [-0.39, 0.29) is 11.9 Å². The van der Waals surface area contributed by atoms with Crippen LogP contribution < -0.4 is 5.32 Å². The summed E-state index contributed by atoms with van der Waals surface area (Å²) in [7, 11) is 0. The van der Waals surface area contributed by atoms with E-state index in [0.29, 0.717) is 11.5 Å². The van der Waals surface area contributed by atoms with Crippen molar-refractivity contribution in [3.8, 4) is 11.1 Å². The van der Waals surface area contributed by atoms with Crippen LogP contribution in [0, 0.1) is 12.8 Å². The Morgan fingerprint density at radius 1 is 1.20 bits per heavy atom. The molecule has 1 aromatic carbocycles. The number of amides is 1. The molecule has 0 radical (unpaired) electrons. The summed E-state index contributed by atoms with van der Waals surface area (Å²) in [6, 6.07) is 13.6. The van der Waals surface area contributed by atoms with E-state index in [4.69, 9.17) is 0 Å². The lowest BCUT2D eigenvalue weighted by molar-refractivity contribution is 0.0930. The Morgan fingerprint density at radius 2 is 2.04 bits per heavy atom. The number of nitrogens with one attached hydrogen (secondary N) is 2. The molecule has 4 rings (SSSR count). The largest absolute Gasteiger partial charge is 0.343 e. The van der Waals surface area contributed by atoms with Gasteiger partial charge in [0, 0.05) is 23.0 Å². The average Bonchev–Trinajstić information content (AvgIpc) is 3.32. The molecule has 5 heteroatoms. The highest BCUT2D eigenvalue weighted by Crippen LogP contribution is 2.40. The second-order valence-corrected chi connectivity index (χ2v) is 6.56. The predicted molar refractivity (Wildman–Crippen MR) is 95.9 cm³/mol. The summed E-state index contributed by atoms with van der Waals surface area (Å²) in [5.41, 5.74) is 4.50. The van der Waals surface area contributed by atoms with Crippen LogP contribution in [0.25, 0.3) is 11.1 Å². The fourth-order valence-corrected chi connectivity index (χ4v) is 3.07. The number of pyridine rings is 1. The van der Waals surface area contributed by atoms with Crippen molar-refractivity contribution in [2.24, 2.45) is 5.92 Å². The van der Waals surface area contributed by atoms with Crippen molar-refractivity contribution in [3.63, 3.8) is 0 Å². The molecule has 0 unspecified atom stereocenters. The molecule has 0 aliphatic heterocycles. The van der Waals surface area contributed by atoms with Crippen LogP contribution in [0.15, 0.2) is 54.9 Å². The first-order chi connectivity index (χ1) is 12.2. The highest BCUT2D eigenvalue weighted by atomic mass is 16.1. The van der Waals surface area contributed by atoms with Gasteiger partial charge in [-0.15, -0.1) is 0 Å². The molecule has 1 atom stereocenters. The van der Waals surface area contributed by atoms with Crippen LogP contribution in [0.2, 0.25) is 0 Å². The van der Waals surface area contributed by atoms with Crippen molar-refractivity contribution < 1.29 is 4.79 Å². The van der Waals surface area contributed by atoms with Crippen LogP contribution >= 0.6 is 0 Å². The van der Waals surface area contributed by atoms with E-state index in [2.05, 4.69) is 20.5 Å². The summed E-state index contributed by atoms with van der Waals surface area (Å²) in [4.78, 5) is 17.4. The van der Waals surface area contributed by atoms with Crippen molar-refractivity contribution in [1.29, 1.82) is 0 Å². The first kappa shape index (κ1) is 15.6. The number of H-pyrrole nitrogens is 1. The fraction of sp³-hybridized carbons (Fsp3) is 0.250. The Morgan fingerprint density at radius 3 is 2.76 bits per heavy atom. The molecule has 2 N–H and O–H groups in total. The summed E-state index contributed by atoms with van der Waals surface area (Å²) in [6.45, 7) is 1.98. The first-order valence-corrected chi connectivity index (χ1v) is 8.54. The zero-order valence-electron chi connectivity index (χ0n) is 14.1. The minimum Gasteiger partial charge on any atom is -0.343 e. The molecule has 3 aromatic rings. The lowest BCUT2D eigenvalue weighted by Gasteiger charge is -2.18. The van der Waals surface area contributed by atoms with E-state index in [1.54, 1.807) is 6.20 Å². The number of nitrogens with zero attached hydrogens (tertiary/aromatic N) is 2. The molecule has 1 saturated carbocycles. The quantitative estimate of drug-likeness (QED) is 0.749.